The number of aromatic nitrogens is 5. The molecule has 2 heterocycles. The second-order valence-corrected chi connectivity index (χ2v) is 6.13. The molecule has 2 aromatic heterocycles. The van der Waals surface area contributed by atoms with Gasteiger partial charge in [-0.05, 0) is 12.8 Å². The number of hydrogen-bond acceptors (Lipinski definition) is 4. The average Bonchev–Trinajstić information content (AvgIpc) is 3.12. The van der Waals surface area contributed by atoms with Crippen molar-refractivity contribution < 1.29 is 0 Å². The highest BCUT2D eigenvalue weighted by Gasteiger charge is 2.19. The first-order chi connectivity index (χ1) is 11.4. The molecule has 0 aromatic carbocycles. The van der Waals surface area contributed by atoms with Crippen molar-refractivity contribution in [3.05, 3.63) is 30.5 Å². The van der Waals surface area contributed by atoms with Gasteiger partial charge in [-0.1, -0.05) is 58.8 Å². The Morgan fingerprint density at radius 1 is 0.783 bits per heavy atom. The number of unbranched alkanes of at least 4 members (excludes halogenated alkanes) is 5. The summed E-state index contributed by atoms with van der Waals surface area (Å²) < 4.78 is 0. The van der Waals surface area contributed by atoms with Gasteiger partial charge in [0.2, 0.25) is 0 Å². The molecule has 2 rings (SSSR count). The highest BCUT2D eigenvalue weighted by atomic mass is 15.5. The average molecular weight is 315 g/mol. The molecule has 2 aromatic rings. The third-order valence-corrected chi connectivity index (χ3v) is 4.26. The standard InChI is InChI=1S/C18H29N5/c1-3-5-7-9-11-16(10-8-6-4-2)17-18(20-13-12-19-17)23-21-14-15-22-23/h12-16H,3-11H2,1-2H3. The summed E-state index contributed by atoms with van der Waals surface area (Å²) in [6.45, 7) is 4.50. The molecule has 0 bridgehead atoms. The van der Waals surface area contributed by atoms with E-state index >= 15 is 0 Å². The molecule has 0 radical (unpaired) electrons. The van der Waals surface area contributed by atoms with Crippen LogP contribution in [-0.2, 0) is 0 Å². The summed E-state index contributed by atoms with van der Waals surface area (Å²) in [4.78, 5) is 10.7. The quantitative estimate of drug-likeness (QED) is 0.564. The van der Waals surface area contributed by atoms with E-state index in [0.717, 1.165) is 11.5 Å². The van der Waals surface area contributed by atoms with Crippen LogP contribution < -0.4 is 0 Å². The van der Waals surface area contributed by atoms with Gasteiger partial charge >= 0.3 is 0 Å². The second-order valence-electron chi connectivity index (χ2n) is 6.13. The Hall–Kier alpha value is -1.78. The van der Waals surface area contributed by atoms with Crippen molar-refractivity contribution in [2.75, 3.05) is 0 Å². The van der Waals surface area contributed by atoms with Gasteiger partial charge in [-0.2, -0.15) is 10.2 Å². The third-order valence-electron chi connectivity index (χ3n) is 4.26. The Balaban J connectivity index is 2.13. The SMILES string of the molecule is CCCCCCC(CCCCC)c1nccnc1-n1nccn1. The largest absolute Gasteiger partial charge is 0.255 e. The predicted octanol–water partition coefficient (Wildman–Crippen LogP) is 4.69. The van der Waals surface area contributed by atoms with Crippen LogP contribution in [-0.4, -0.2) is 25.0 Å². The maximum absolute atomic E-state index is 4.65. The van der Waals surface area contributed by atoms with Gasteiger partial charge in [0.15, 0.2) is 5.82 Å². The summed E-state index contributed by atoms with van der Waals surface area (Å²) in [7, 11) is 0. The molecule has 1 atom stereocenters. The normalized spacial score (nSPS) is 12.4. The molecular formula is C18H29N5. The zero-order valence-corrected chi connectivity index (χ0v) is 14.5. The number of rotatable bonds is 11. The van der Waals surface area contributed by atoms with Crippen LogP contribution >= 0.6 is 0 Å². The molecule has 0 N–H and O–H groups in total. The van der Waals surface area contributed by atoms with Crippen LogP contribution in [0.5, 0.6) is 0 Å². The molecular weight excluding hydrogens is 286 g/mol. The van der Waals surface area contributed by atoms with Crippen molar-refractivity contribution in [3.8, 4) is 5.82 Å². The monoisotopic (exact) mass is 315 g/mol. The highest BCUT2D eigenvalue weighted by Crippen LogP contribution is 2.29. The molecule has 23 heavy (non-hydrogen) atoms. The minimum Gasteiger partial charge on any atom is -0.255 e. The molecule has 0 aliphatic heterocycles. The van der Waals surface area contributed by atoms with E-state index in [-0.39, 0.29) is 0 Å². The van der Waals surface area contributed by atoms with Gasteiger partial charge in [-0.3, -0.25) is 4.98 Å². The van der Waals surface area contributed by atoms with Gasteiger partial charge in [0.05, 0.1) is 18.1 Å². The van der Waals surface area contributed by atoms with Crippen LogP contribution in [0.2, 0.25) is 0 Å². The van der Waals surface area contributed by atoms with Crippen LogP contribution in [0.4, 0.5) is 0 Å². The fourth-order valence-corrected chi connectivity index (χ4v) is 2.98. The molecule has 0 aliphatic carbocycles. The molecule has 0 saturated heterocycles. The predicted molar refractivity (Wildman–Crippen MR) is 92.6 cm³/mol. The van der Waals surface area contributed by atoms with Crippen molar-refractivity contribution in [1.82, 2.24) is 25.0 Å². The minimum atomic E-state index is 0.452. The van der Waals surface area contributed by atoms with Gasteiger partial charge in [0.1, 0.15) is 0 Å². The Kier molecular flexibility index (Phi) is 7.70. The van der Waals surface area contributed by atoms with E-state index in [1.165, 1.54) is 57.8 Å². The van der Waals surface area contributed by atoms with Crippen molar-refractivity contribution in [3.63, 3.8) is 0 Å². The molecule has 0 fully saturated rings. The molecule has 1 unspecified atom stereocenters. The fourth-order valence-electron chi connectivity index (χ4n) is 2.98. The highest BCUT2D eigenvalue weighted by molar-refractivity contribution is 5.28. The topological polar surface area (TPSA) is 56.5 Å². The Morgan fingerprint density at radius 3 is 2.09 bits per heavy atom. The molecule has 0 spiro atoms. The van der Waals surface area contributed by atoms with Crippen molar-refractivity contribution in [2.45, 2.75) is 77.6 Å². The molecule has 0 amide bonds. The van der Waals surface area contributed by atoms with Crippen LogP contribution in [0.3, 0.4) is 0 Å². The Labute approximate surface area is 139 Å². The smallest absolute Gasteiger partial charge is 0.196 e. The molecule has 126 valence electrons. The minimum absolute atomic E-state index is 0.452. The summed E-state index contributed by atoms with van der Waals surface area (Å²) in [6.07, 6.45) is 18.2. The van der Waals surface area contributed by atoms with E-state index in [4.69, 9.17) is 0 Å². The lowest BCUT2D eigenvalue weighted by Gasteiger charge is -2.18. The molecule has 0 saturated carbocycles. The van der Waals surface area contributed by atoms with E-state index in [9.17, 15) is 0 Å². The lowest BCUT2D eigenvalue weighted by atomic mass is 9.91. The van der Waals surface area contributed by atoms with E-state index < -0.39 is 0 Å². The fraction of sp³-hybridized carbons (Fsp3) is 0.667. The Bertz CT molecular complexity index is 538. The number of nitrogens with zero attached hydrogens (tertiary/aromatic N) is 5. The van der Waals surface area contributed by atoms with Gasteiger partial charge in [-0.15, -0.1) is 4.80 Å². The summed E-state index contributed by atoms with van der Waals surface area (Å²) in [5.74, 6) is 1.24. The maximum atomic E-state index is 4.65. The first-order valence-electron chi connectivity index (χ1n) is 9.04. The third kappa shape index (κ3) is 5.41. The van der Waals surface area contributed by atoms with E-state index in [1.807, 2.05) is 0 Å². The zero-order chi connectivity index (χ0) is 16.3. The molecule has 5 nitrogen and oxygen atoms in total. The summed E-state index contributed by atoms with van der Waals surface area (Å²) in [5.41, 5.74) is 1.05. The van der Waals surface area contributed by atoms with Gasteiger partial charge in [0, 0.05) is 18.3 Å². The van der Waals surface area contributed by atoms with Crippen LogP contribution in [0.15, 0.2) is 24.8 Å². The first kappa shape index (κ1) is 17.6. The maximum Gasteiger partial charge on any atom is 0.196 e. The van der Waals surface area contributed by atoms with Crippen LogP contribution in [0.25, 0.3) is 5.82 Å². The Morgan fingerprint density at radius 2 is 1.39 bits per heavy atom. The van der Waals surface area contributed by atoms with Gasteiger partial charge in [0.25, 0.3) is 0 Å². The van der Waals surface area contributed by atoms with E-state index in [2.05, 4.69) is 34.0 Å². The first-order valence-corrected chi connectivity index (χ1v) is 9.04. The summed E-state index contributed by atoms with van der Waals surface area (Å²) >= 11 is 0. The molecule has 0 aliphatic rings. The molecule has 5 heteroatoms. The van der Waals surface area contributed by atoms with Crippen molar-refractivity contribution in [1.29, 1.82) is 0 Å². The van der Waals surface area contributed by atoms with Gasteiger partial charge in [-0.25, -0.2) is 4.98 Å². The zero-order valence-electron chi connectivity index (χ0n) is 14.5. The lowest BCUT2D eigenvalue weighted by Crippen LogP contribution is -2.12. The lowest BCUT2D eigenvalue weighted by molar-refractivity contribution is 0.487. The second kappa shape index (κ2) is 10.1. The van der Waals surface area contributed by atoms with Gasteiger partial charge < -0.3 is 0 Å². The summed E-state index contributed by atoms with van der Waals surface area (Å²) in [5, 5.41) is 8.48. The van der Waals surface area contributed by atoms with Crippen LogP contribution in [0, 0.1) is 0 Å². The van der Waals surface area contributed by atoms with Crippen LogP contribution in [0.1, 0.15) is 83.2 Å². The van der Waals surface area contributed by atoms with Crippen molar-refractivity contribution >= 4 is 0 Å². The summed E-state index contributed by atoms with van der Waals surface area (Å²) in [6, 6.07) is 0. The van der Waals surface area contributed by atoms with E-state index in [0.29, 0.717) is 5.92 Å². The number of hydrogen-bond donors (Lipinski definition) is 0. The van der Waals surface area contributed by atoms with Crippen molar-refractivity contribution in [2.24, 2.45) is 0 Å². The van der Waals surface area contributed by atoms with E-state index in [1.54, 1.807) is 29.6 Å².